The van der Waals surface area contributed by atoms with Crippen LogP contribution in [0.5, 0.6) is 0 Å². The molecule has 11 rings (SSSR count). The van der Waals surface area contributed by atoms with E-state index in [-0.39, 0.29) is 0 Å². The lowest BCUT2D eigenvalue weighted by Crippen LogP contribution is -1.97. The molecule has 3 aromatic heterocycles. The monoisotopic (exact) mass is 712 g/mol. The summed E-state index contributed by atoms with van der Waals surface area (Å²) < 4.78 is 0. The first-order valence-electron chi connectivity index (χ1n) is 18.8. The molecule has 4 nitrogen and oxygen atoms in total. The van der Waals surface area contributed by atoms with Crippen LogP contribution in [0.1, 0.15) is 0 Å². The summed E-state index contributed by atoms with van der Waals surface area (Å²) in [4.78, 5) is 19.3. The van der Waals surface area contributed by atoms with Gasteiger partial charge in [0.2, 0.25) is 0 Å². The van der Waals surface area contributed by atoms with Crippen LogP contribution in [-0.4, -0.2) is 19.9 Å². The maximum Gasteiger partial charge on any atom is 0.160 e. The van der Waals surface area contributed by atoms with Crippen molar-refractivity contribution in [2.24, 2.45) is 0 Å². The van der Waals surface area contributed by atoms with E-state index in [0.717, 1.165) is 55.5 Å². The third kappa shape index (κ3) is 5.39. The molecule has 260 valence electrons. The van der Waals surface area contributed by atoms with Gasteiger partial charge in [-0.25, -0.2) is 9.97 Å². The molecular weight excluding hydrogens is 681 g/mol. The molecule has 0 N–H and O–H groups in total. The highest BCUT2D eigenvalue weighted by atomic mass is 14.9. The highest BCUT2D eigenvalue weighted by Gasteiger charge is 2.17. The number of aromatic nitrogens is 4. The van der Waals surface area contributed by atoms with Crippen LogP contribution in [0, 0.1) is 0 Å². The smallest absolute Gasteiger partial charge is 0.160 e. The van der Waals surface area contributed by atoms with Gasteiger partial charge in [-0.2, -0.15) is 0 Å². The fourth-order valence-electron chi connectivity index (χ4n) is 8.30. The molecule has 0 amide bonds. The van der Waals surface area contributed by atoms with E-state index in [1.807, 2.05) is 30.7 Å². The average Bonchev–Trinajstić information content (AvgIpc) is 3.28. The Balaban J connectivity index is 1.07. The minimum Gasteiger partial charge on any atom is -0.264 e. The van der Waals surface area contributed by atoms with Crippen LogP contribution in [0.4, 0.5) is 0 Å². The van der Waals surface area contributed by atoms with E-state index in [9.17, 15) is 0 Å². The van der Waals surface area contributed by atoms with Crippen molar-refractivity contribution in [3.05, 3.63) is 195 Å². The Morgan fingerprint density at radius 1 is 0.304 bits per heavy atom. The molecule has 0 aliphatic carbocycles. The first-order chi connectivity index (χ1) is 27.7. The second kappa shape index (κ2) is 13.1. The Morgan fingerprint density at radius 3 is 1.71 bits per heavy atom. The summed E-state index contributed by atoms with van der Waals surface area (Å²) >= 11 is 0. The molecule has 4 heteroatoms. The minimum absolute atomic E-state index is 0.658. The van der Waals surface area contributed by atoms with Crippen molar-refractivity contribution in [3.8, 4) is 67.3 Å². The molecule has 0 spiro atoms. The first kappa shape index (κ1) is 31.9. The number of benzene rings is 8. The summed E-state index contributed by atoms with van der Waals surface area (Å²) in [5, 5.41) is 9.78. The Kier molecular flexibility index (Phi) is 7.46. The molecule has 0 saturated heterocycles. The van der Waals surface area contributed by atoms with E-state index in [1.54, 1.807) is 6.20 Å². The van der Waals surface area contributed by atoms with Gasteiger partial charge >= 0.3 is 0 Å². The van der Waals surface area contributed by atoms with Gasteiger partial charge < -0.3 is 0 Å². The Hall–Kier alpha value is -7.56. The molecule has 0 aliphatic heterocycles. The van der Waals surface area contributed by atoms with E-state index in [0.29, 0.717) is 5.82 Å². The van der Waals surface area contributed by atoms with Crippen LogP contribution in [0.25, 0.3) is 110 Å². The lowest BCUT2D eigenvalue weighted by atomic mass is 9.87. The number of nitrogens with zero attached hydrogens (tertiary/aromatic N) is 4. The fourth-order valence-corrected chi connectivity index (χ4v) is 8.30. The number of pyridine rings is 2. The average molecular weight is 713 g/mol. The molecule has 0 unspecified atom stereocenters. The van der Waals surface area contributed by atoms with Crippen molar-refractivity contribution in [2.75, 3.05) is 0 Å². The zero-order chi connectivity index (χ0) is 37.0. The zero-order valence-electron chi connectivity index (χ0n) is 30.3. The molecule has 0 radical (unpaired) electrons. The largest absolute Gasteiger partial charge is 0.264 e. The molecule has 0 bridgehead atoms. The predicted octanol–water partition coefficient (Wildman–Crippen LogP) is 13.3. The van der Waals surface area contributed by atoms with Gasteiger partial charge in [0.15, 0.2) is 5.82 Å². The van der Waals surface area contributed by atoms with Crippen molar-refractivity contribution in [2.45, 2.75) is 0 Å². The summed E-state index contributed by atoms with van der Waals surface area (Å²) in [7, 11) is 0. The van der Waals surface area contributed by atoms with Gasteiger partial charge in [-0.15, -0.1) is 0 Å². The minimum atomic E-state index is 0.658. The van der Waals surface area contributed by atoms with Crippen LogP contribution in [0.2, 0.25) is 0 Å². The van der Waals surface area contributed by atoms with Crippen LogP contribution in [0.15, 0.2) is 195 Å². The molecular formula is C52H32N4. The maximum absolute atomic E-state index is 5.24. The molecule has 56 heavy (non-hydrogen) atoms. The third-order valence-electron chi connectivity index (χ3n) is 11.0. The van der Waals surface area contributed by atoms with E-state index in [1.165, 1.54) is 49.0 Å². The van der Waals surface area contributed by atoms with Crippen molar-refractivity contribution < 1.29 is 0 Å². The van der Waals surface area contributed by atoms with E-state index in [4.69, 9.17) is 9.97 Å². The molecule has 8 aromatic carbocycles. The van der Waals surface area contributed by atoms with Crippen LogP contribution < -0.4 is 0 Å². The zero-order valence-corrected chi connectivity index (χ0v) is 30.3. The second-order valence-electron chi connectivity index (χ2n) is 14.3. The predicted molar refractivity (Wildman–Crippen MR) is 231 cm³/mol. The fraction of sp³-hybridized carbons (Fsp3) is 0. The van der Waals surface area contributed by atoms with E-state index in [2.05, 4.69) is 168 Å². The highest BCUT2D eigenvalue weighted by molar-refractivity contribution is 6.27. The molecule has 11 aromatic rings. The molecule has 3 heterocycles. The Labute approximate surface area is 323 Å². The van der Waals surface area contributed by atoms with Gasteiger partial charge in [0.1, 0.15) is 0 Å². The van der Waals surface area contributed by atoms with Crippen molar-refractivity contribution in [3.63, 3.8) is 0 Å². The quantitative estimate of drug-likeness (QED) is 0.161. The lowest BCUT2D eigenvalue weighted by molar-refractivity contribution is 1.18. The first-order valence-corrected chi connectivity index (χ1v) is 18.8. The number of hydrogen-bond donors (Lipinski definition) is 0. The Morgan fingerprint density at radius 2 is 0.946 bits per heavy atom. The molecule has 0 aliphatic rings. The molecule has 0 atom stereocenters. The number of hydrogen-bond acceptors (Lipinski definition) is 4. The van der Waals surface area contributed by atoms with Crippen molar-refractivity contribution >= 4 is 43.1 Å². The molecule has 0 saturated carbocycles. The van der Waals surface area contributed by atoms with Crippen molar-refractivity contribution in [1.82, 2.24) is 19.9 Å². The van der Waals surface area contributed by atoms with Crippen LogP contribution in [-0.2, 0) is 0 Å². The van der Waals surface area contributed by atoms with Crippen molar-refractivity contribution in [1.29, 1.82) is 0 Å². The summed E-state index contributed by atoms with van der Waals surface area (Å²) in [6.07, 6.45) is 7.49. The van der Waals surface area contributed by atoms with Gasteiger partial charge in [-0.3, -0.25) is 9.97 Å². The summed E-state index contributed by atoms with van der Waals surface area (Å²) in [6, 6.07) is 60.5. The van der Waals surface area contributed by atoms with Gasteiger partial charge in [0, 0.05) is 46.9 Å². The normalized spacial score (nSPS) is 11.6. The number of fused-ring (bicyclic) bond motifs is 1. The maximum atomic E-state index is 5.24. The summed E-state index contributed by atoms with van der Waals surface area (Å²) in [5.41, 5.74) is 11.6. The van der Waals surface area contributed by atoms with Gasteiger partial charge in [-0.05, 0) is 89.3 Å². The lowest BCUT2D eigenvalue weighted by Gasteiger charge is -2.17. The second-order valence-corrected chi connectivity index (χ2v) is 14.3. The van der Waals surface area contributed by atoms with Gasteiger partial charge in [0.25, 0.3) is 0 Å². The summed E-state index contributed by atoms with van der Waals surface area (Å²) in [6.45, 7) is 0. The van der Waals surface area contributed by atoms with Crippen LogP contribution >= 0.6 is 0 Å². The van der Waals surface area contributed by atoms with Gasteiger partial charge in [0.05, 0.1) is 11.4 Å². The third-order valence-corrected chi connectivity index (χ3v) is 11.0. The van der Waals surface area contributed by atoms with Gasteiger partial charge in [-0.1, -0.05) is 152 Å². The standard InChI is InChI=1S/C52H32N4/c1-2-8-34(9-3-1)43-23-19-35-22-26-46-44(24-20-36-21-25-45(43)50(35)51(36)46)38-11-6-12-39(28-38)48-29-49(47-32-54-31-41-10-4-5-14-42(41)47)56-52(55-48)37-17-15-33(16-18-37)40-13-7-27-53-30-40/h1-32H. The topological polar surface area (TPSA) is 51.6 Å². The summed E-state index contributed by atoms with van der Waals surface area (Å²) in [5.74, 6) is 0.658. The van der Waals surface area contributed by atoms with Crippen LogP contribution in [0.3, 0.4) is 0 Å². The van der Waals surface area contributed by atoms with E-state index < -0.39 is 0 Å². The molecule has 0 fully saturated rings. The SMILES string of the molecule is c1ccc(-c2ccc3ccc4c(-c5cccc(-c6cc(-c7cncc8ccccc78)nc(-c7ccc(-c8cccnc8)cc7)n6)c5)ccc5ccc2c3c54)cc1. The van der Waals surface area contributed by atoms with E-state index >= 15 is 0 Å². The Bertz CT molecular complexity index is 3220. The number of rotatable bonds is 6. The highest BCUT2D eigenvalue weighted by Crippen LogP contribution is 2.43.